The SMILES string of the molecule is CCOC(=O)CCN(C(=O)c1cccc(Cl)c1)C(C)C. The summed E-state index contributed by atoms with van der Waals surface area (Å²) in [5.41, 5.74) is 0.523. The van der Waals surface area contributed by atoms with Gasteiger partial charge in [0.2, 0.25) is 0 Å². The topological polar surface area (TPSA) is 46.6 Å². The molecule has 1 aromatic rings. The molecule has 0 atom stereocenters. The summed E-state index contributed by atoms with van der Waals surface area (Å²) < 4.78 is 4.88. The summed E-state index contributed by atoms with van der Waals surface area (Å²) >= 11 is 5.90. The molecule has 0 fully saturated rings. The van der Waals surface area contributed by atoms with Crippen molar-refractivity contribution in [1.29, 1.82) is 0 Å². The molecule has 0 spiro atoms. The number of benzene rings is 1. The van der Waals surface area contributed by atoms with Crippen molar-refractivity contribution in [3.8, 4) is 0 Å². The van der Waals surface area contributed by atoms with Gasteiger partial charge in [0, 0.05) is 23.2 Å². The lowest BCUT2D eigenvalue weighted by atomic mass is 10.1. The second-order valence-corrected chi connectivity index (χ2v) is 5.09. The Balaban J connectivity index is 2.75. The van der Waals surface area contributed by atoms with Gasteiger partial charge in [-0.15, -0.1) is 0 Å². The van der Waals surface area contributed by atoms with Crippen molar-refractivity contribution < 1.29 is 14.3 Å². The van der Waals surface area contributed by atoms with Crippen LogP contribution in [0.3, 0.4) is 0 Å². The van der Waals surface area contributed by atoms with Crippen LogP contribution >= 0.6 is 11.6 Å². The molecule has 1 rings (SSSR count). The molecule has 0 bridgehead atoms. The molecule has 0 aliphatic carbocycles. The van der Waals surface area contributed by atoms with E-state index in [2.05, 4.69) is 0 Å². The predicted molar refractivity (Wildman–Crippen MR) is 78.9 cm³/mol. The summed E-state index contributed by atoms with van der Waals surface area (Å²) in [6.45, 7) is 6.26. The highest BCUT2D eigenvalue weighted by Crippen LogP contribution is 2.14. The number of amides is 1. The molecule has 0 radical (unpaired) electrons. The number of hydrogen-bond acceptors (Lipinski definition) is 3. The normalized spacial score (nSPS) is 10.4. The lowest BCUT2D eigenvalue weighted by Crippen LogP contribution is -2.38. The van der Waals surface area contributed by atoms with Gasteiger partial charge in [0.25, 0.3) is 5.91 Å². The van der Waals surface area contributed by atoms with E-state index in [1.165, 1.54) is 0 Å². The molecule has 1 aromatic carbocycles. The van der Waals surface area contributed by atoms with Gasteiger partial charge in [0.15, 0.2) is 0 Å². The van der Waals surface area contributed by atoms with Gasteiger partial charge in [0.1, 0.15) is 0 Å². The Morgan fingerprint density at radius 3 is 2.60 bits per heavy atom. The lowest BCUT2D eigenvalue weighted by molar-refractivity contribution is -0.143. The molecule has 20 heavy (non-hydrogen) atoms. The zero-order valence-electron chi connectivity index (χ0n) is 12.1. The third-order valence-electron chi connectivity index (χ3n) is 2.82. The van der Waals surface area contributed by atoms with Crippen LogP contribution in [-0.4, -0.2) is 36.0 Å². The number of rotatable bonds is 6. The minimum Gasteiger partial charge on any atom is -0.466 e. The van der Waals surface area contributed by atoms with Crippen LogP contribution in [0.1, 0.15) is 37.6 Å². The van der Waals surface area contributed by atoms with E-state index in [0.717, 1.165) is 0 Å². The first-order valence-corrected chi connectivity index (χ1v) is 7.05. The fraction of sp³-hybridized carbons (Fsp3) is 0.467. The van der Waals surface area contributed by atoms with Gasteiger partial charge < -0.3 is 9.64 Å². The van der Waals surface area contributed by atoms with Gasteiger partial charge in [-0.2, -0.15) is 0 Å². The molecular formula is C15H20ClNO3. The smallest absolute Gasteiger partial charge is 0.307 e. The fourth-order valence-electron chi connectivity index (χ4n) is 1.83. The largest absolute Gasteiger partial charge is 0.466 e. The van der Waals surface area contributed by atoms with Crippen LogP contribution in [0, 0.1) is 0 Å². The maximum Gasteiger partial charge on any atom is 0.307 e. The predicted octanol–water partition coefficient (Wildman–Crippen LogP) is 3.14. The summed E-state index contributed by atoms with van der Waals surface area (Å²) in [6, 6.07) is 6.80. The van der Waals surface area contributed by atoms with Gasteiger partial charge in [-0.3, -0.25) is 9.59 Å². The fourth-order valence-corrected chi connectivity index (χ4v) is 2.02. The maximum atomic E-state index is 12.4. The second-order valence-electron chi connectivity index (χ2n) is 4.66. The highest BCUT2D eigenvalue weighted by molar-refractivity contribution is 6.30. The summed E-state index contributed by atoms with van der Waals surface area (Å²) in [4.78, 5) is 25.5. The Kier molecular flexibility index (Phi) is 6.52. The second kappa shape index (κ2) is 7.90. The van der Waals surface area contributed by atoms with Crippen molar-refractivity contribution in [3.05, 3.63) is 34.9 Å². The lowest BCUT2D eigenvalue weighted by Gasteiger charge is -2.26. The number of halogens is 1. The van der Waals surface area contributed by atoms with Gasteiger partial charge in [0.05, 0.1) is 13.0 Å². The zero-order chi connectivity index (χ0) is 15.1. The molecule has 0 aromatic heterocycles. The number of ether oxygens (including phenoxy) is 1. The van der Waals surface area contributed by atoms with E-state index in [4.69, 9.17) is 16.3 Å². The van der Waals surface area contributed by atoms with Crippen LogP contribution in [0.4, 0.5) is 0 Å². The van der Waals surface area contributed by atoms with Gasteiger partial charge >= 0.3 is 5.97 Å². The quantitative estimate of drug-likeness (QED) is 0.758. The van der Waals surface area contributed by atoms with Crippen molar-refractivity contribution >= 4 is 23.5 Å². The molecule has 0 heterocycles. The average molecular weight is 298 g/mol. The Bertz CT molecular complexity index is 474. The van der Waals surface area contributed by atoms with Crippen LogP contribution in [0.2, 0.25) is 5.02 Å². The third kappa shape index (κ3) is 4.85. The standard InChI is InChI=1S/C15H20ClNO3/c1-4-20-14(18)8-9-17(11(2)3)15(19)12-6-5-7-13(16)10-12/h5-7,10-11H,4,8-9H2,1-3H3. The molecule has 0 N–H and O–H groups in total. The van der Waals surface area contributed by atoms with Crippen molar-refractivity contribution in [3.63, 3.8) is 0 Å². The maximum absolute atomic E-state index is 12.4. The number of carbonyl (C=O) groups is 2. The molecule has 4 nitrogen and oxygen atoms in total. The van der Waals surface area contributed by atoms with Crippen molar-refractivity contribution in [2.45, 2.75) is 33.2 Å². The van der Waals surface area contributed by atoms with E-state index in [1.54, 1.807) is 36.1 Å². The first-order valence-electron chi connectivity index (χ1n) is 6.67. The first-order chi connectivity index (χ1) is 9.45. The monoisotopic (exact) mass is 297 g/mol. The van der Waals surface area contributed by atoms with Crippen molar-refractivity contribution in [2.75, 3.05) is 13.2 Å². The van der Waals surface area contributed by atoms with Gasteiger partial charge in [-0.25, -0.2) is 0 Å². The minimum atomic E-state index is -0.294. The third-order valence-corrected chi connectivity index (χ3v) is 3.05. The average Bonchev–Trinajstić information content (AvgIpc) is 2.38. The van der Waals surface area contributed by atoms with E-state index >= 15 is 0 Å². The summed E-state index contributed by atoms with van der Waals surface area (Å²) in [6.07, 6.45) is 0.193. The highest BCUT2D eigenvalue weighted by Gasteiger charge is 2.20. The molecule has 0 saturated carbocycles. The Morgan fingerprint density at radius 1 is 1.35 bits per heavy atom. The zero-order valence-corrected chi connectivity index (χ0v) is 12.8. The van der Waals surface area contributed by atoms with E-state index < -0.39 is 0 Å². The van der Waals surface area contributed by atoms with E-state index in [9.17, 15) is 9.59 Å². The van der Waals surface area contributed by atoms with Crippen LogP contribution in [-0.2, 0) is 9.53 Å². The number of esters is 1. The highest BCUT2D eigenvalue weighted by atomic mass is 35.5. The Hall–Kier alpha value is -1.55. The molecule has 1 amide bonds. The van der Waals surface area contributed by atoms with E-state index in [-0.39, 0.29) is 24.3 Å². The van der Waals surface area contributed by atoms with Crippen LogP contribution in [0.5, 0.6) is 0 Å². The van der Waals surface area contributed by atoms with E-state index in [1.807, 2.05) is 13.8 Å². The van der Waals surface area contributed by atoms with Gasteiger partial charge in [-0.05, 0) is 39.0 Å². The van der Waals surface area contributed by atoms with Crippen molar-refractivity contribution in [1.82, 2.24) is 4.90 Å². The van der Waals surface area contributed by atoms with Crippen molar-refractivity contribution in [2.24, 2.45) is 0 Å². The molecule has 110 valence electrons. The molecule has 5 heteroatoms. The summed E-state index contributed by atoms with van der Waals surface area (Å²) in [5, 5.41) is 0.518. The van der Waals surface area contributed by atoms with Gasteiger partial charge in [-0.1, -0.05) is 17.7 Å². The Labute approximate surface area is 124 Å². The number of nitrogens with zero attached hydrogens (tertiary/aromatic N) is 1. The van der Waals surface area contributed by atoms with Crippen LogP contribution < -0.4 is 0 Å². The van der Waals surface area contributed by atoms with Crippen LogP contribution in [0.15, 0.2) is 24.3 Å². The molecule has 0 aliphatic rings. The summed E-state index contributed by atoms with van der Waals surface area (Å²) in [7, 11) is 0. The van der Waals surface area contributed by atoms with Crippen LogP contribution in [0.25, 0.3) is 0 Å². The minimum absolute atomic E-state index is 0.00379. The Morgan fingerprint density at radius 2 is 2.05 bits per heavy atom. The molecule has 0 aliphatic heterocycles. The van der Waals surface area contributed by atoms with E-state index in [0.29, 0.717) is 23.7 Å². The number of carbonyl (C=O) groups excluding carboxylic acids is 2. The first kappa shape index (κ1) is 16.5. The molecule has 0 unspecified atom stereocenters. The molecular weight excluding hydrogens is 278 g/mol. The molecule has 0 saturated heterocycles. The summed E-state index contributed by atoms with van der Waals surface area (Å²) in [5.74, 6) is -0.427. The number of hydrogen-bond donors (Lipinski definition) is 0.